The minimum atomic E-state index is -0.373. The highest BCUT2D eigenvalue weighted by atomic mass is 35.5. The molecular weight excluding hydrogens is 460 g/mol. The van der Waals surface area contributed by atoms with Gasteiger partial charge in [0.15, 0.2) is 11.6 Å². The van der Waals surface area contributed by atoms with Crippen molar-refractivity contribution in [1.29, 1.82) is 0 Å². The number of nitrogens with zero attached hydrogens (tertiary/aromatic N) is 5. The van der Waals surface area contributed by atoms with Crippen molar-refractivity contribution in [3.63, 3.8) is 0 Å². The Hall–Kier alpha value is -2.81. The highest BCUT2D eigenvalue weighted by Crippen LogP contribution is 2.32. The Balaban J connectivity index is 1.38. The molecule has 0 atom stereocenters. The van der Waals surface area contributed by atoms with E-state index < -0.39 is 0 Å². The molecule has 0 radical (unpaired) electrons. The van der Waals surface area contributed by atoms with Crippen LogP contribution >= 0.6 is 34.5 Å². The van der Waals surface area contributed by atoms with Gasteiger partial charge in [-0.05, 0) is 42.5 Å². The van der Waals surface area contributed by atoms with Crippen molar-refractivity contribution in [3.8, 4) is 22.1 Å². The van der Waals surface area contributed by atoms with E-state index in [-0.39, 0.29) is 11.7 Å². The second-order valence-corrected chi connectivity index (χ2v) is 8.75. The van der Waals surface area contributed by atoms with E-state index in [0.717, 1.165) is 10.6 Å². The molecule has 1 amide bonds. The molecule has 0 saturated heterocycles. The lowest BCUT2D eigenvalue weighted by molar-refractivity contribution is 0.0708. The Morgan fingerprint density at radius 1 is 1.03 bits per heavy atom. The van der Waals surface area contributed by atoms with E-state index in [4.69, 9.17) is 23.2 Å². The first-order valence-corrected chi connectivity index (χ1v) is 11.0. The summed E-state index contributed by atoms with van der Waals surface area (Å²) >= 11 is 13.7. The van der Waals surface area contributed by atoms with Gasteiger partial charge in [-0.15, -0.1) is 21.5 Å². The molecule has 2 aromatic carbocycles. The largest absolute Gasteiger partial charge is 0.329 e. The summed E-state index contributed by atoms with van der Waals surface area (Å²) in [5, 5.41) is 12.4. The number of halogens is 3. The van der Waals surface area contributed by atoms with Crippen molar-refractivity contribution in [2.45, 2.75) is 13.1 Å². The van der Waals surface area contributed by atoms with Gasteiger partial charge < -0.3 is 9.47 Å². The Kier molecular flexibility index (Phi) is 5.21. The fourth-order valence-corrected chi connectivity index (χ4v) is 4.79. The van der Waals surface area contributed by atoms with Crippen molar-refractivity contribution < 1.29 is 9.18 Å². The highest BCUT2D eigenvalue weighted by Gasteiger charge is 2.26. The van der Waals surface area contributed by atoms with Gasteiger partial charge in [-0.3, -0.25) is 4.79 Å². The number of thiazole rings is 1. The average molecular weight is 474 g/mol. The molecule has 4 aromatic rings. The molecule has 0 bridgehead atoms. The molecule has 0 N–H and O–H groups in total. The van der Waals surface area contributed by atoms with Gasteiger partial charge in [-0.1, -0.05) is 23.2 Å². The summed E-state index contributed by atoms with van der Waals surface area (Å²) in [6, 6.07) is 10.8. The van der Waals surface area contributed by atoms with Gasteiger partial charge in [0.25, 0.3) is 5.91 Å². The van der Waals surface area contributed by atoms with Crippen LogP contribution in [0.2, 0.25) is 10.0 Å². The van der Waals surface area contributed by atoms with Gasteiger partial charge >= 0.3 is 0 Å². The van der Waals surface area contributed by atoms with Crippen molar-refractivity contribution in [2.75, 3.05) is 6.54 Å². The SMILES string of the molecule is O=C(c1ccc(F)cc1)N1CCn2c(nnc2-c2csc(-c3cc(Cl)cc(Cl)c3)n2)C1. The van der Waals surface area contributed by atoms with Crippen LogP contribution < -0.4 is 0 Å². The molecule has 1 aliphatic rings. The molecule has 0 fully saturated rings. The van der Waals surface area contributed by atoms with Gasteiger partial charge in [-0.2, -0.15) is 0 Å². The number of benzene rings is 2. The molecule has 5 rings (SSSR count). The minimum Gasteiger partial charge on any atom is -0.329 e. The third-order valence-electron chi connectivity index (χ3n) is 4.97. The third-order valence-corrected chi connectivity index (χ3v) is 6.30. The van der Waals surface area contributed by atoms with Crippen LogP contribution in [0.1, 0.15) is 16.2 Å². The Morgan fingerprint density at radius 3 is 2.52 bits per heavy atom. The fraction of sp³-hybridized carbons (Fsp3) is 0.143. The van der Waals surface area contributed by atoms with Gasteiger partial charge in [0.05, 0.1) is 6.54 Å². The molecule has 156 valence electrons. The van der Waals surface area contributed by atoms with Crippen LogP contribution in [0.3, 0.4) is 0 Å². The Labute approximate surface area is 190 Å². The maximum atomic E-state index is 13.1. The zero-order valence-electron chi connectivity index (χ0n) is 15.9. The monoisotopic (exact) mass is 473 g/mol. The van der Waals surface area contributed by atoms with E-state index in [0.29, 0.717) is 52.6 Å². The maximum Gasteiger partial charge on any atom is 0.254 e. The third kappa shape index (κ3) is 3.94. The molecule has 0 aliphatic carbocycles. The summed E-state index contributed by atoms with van der Waals surface area (Å²) in [6.07, 6.45) is 0. The summed E-state index contributed by atoms with van der Waals surface area (Å²) in [4.78, 5) is 19.1. The number of rotatable bonds is 3. The van der Waals surface area contributed by atoms with E-state index >= 15 is 0 Å². The molecule has 31 heavy (non-hydrogen) atoms. The summed E-state index contributed by atoms with van der Waals surface area (Å²) in [6.45, 7) is 1.36. The lowest BCUT2D eigenvalue weighted by Gasteiger charge is -2.27. The normalized spacial score (nSPS) is 13.3. The van der Waals surface area contributed by atoms with E-state index in [9.17, 15) is 9.18 Å². The molecule has 6 nitrogen and oxygen atoms in total. The molecule has 0 saturated carbocycles. The zero-order chi connectivity index (χ0) is 21.5. The van der Waals surface area contributed by atoms with Crippen molar-refractivity contribution in [2.24, 2.45) is 0 Å². The molecule has 3 heterocycles. The standard InChI is InChI=1S/C21H14Cl2FN5OS/c22-14-7-13(8-15(23)9-14)20-25-17(11-31-20)19-27-26-18-10-28(5-6-29(18)19)21(30)12-1-3-16(24)4-2-12/h1-4,7-9,11H,5-6,10H2. The van der Waals surface area contributed by atoms with Gasteiger partial charge in [0, 0.05) is 39.6 Å². The zero-order valence-corrected chi connectivity index (χ0v) is 18.3. The van der Waals surface area contributed by atoms with Crippen LogP contribution in [0, 0.1) is 5.82 Å². The fourth-order valence-electron chi connectivity index (χ4n) is 3.48. The first kappa shape index (κ1) is 20.1. The highest BCUT2D eigenvalue weighted by molar-refractivity contribution is 7.13. The smallest absolute Gasteiger partial charge is 0.254 e. The number of carbonyl (C=O) groups is 1. The number of fused-ring (bicyclic) bond motifs is 1. The number of hydrogen-bond acceptors (Lipinski definition) is 5. The van der Waals surface area contributed by atoms with Crippen molar-refractivity contribution in [1.82, 2.24) is 24.6 Å². The summed E-state index contributed by atoms with van der Waals surface area (Å²) < 4.78 is 15.1. The molecule has 1 aliphatic heterocycles. The predicted molar refractivity (Wildman–Crippen MR) is 118 cm³/mol. The molecule has 0 unspecified atom stereocenters. The minimum absolute atomic E-state index is 0.162. The van der Waals surface area contributed by atoms with Gasteiger partial charge in [0.1, 0.15) is 16.5 Å². The van der Waals surface area contributed by atoms with E-state index in [2.05, 4.69) is 15.2 Å². The second kappa shape index (κ2) is 8.03. The summed E-state index contributed by atoms with van der Waals surface area (Å²) in [7, 11) is 0. The van der Waals surface area contributed by atoms with Crippen molar-refractivity contribution >= 4 is 40.4 Å². The molecule has 10 heteroatoms. The first-order valence-electron chi connectivity index (χ1n) is 9.37. The number of hydrogen-bond donors (Lipinski definition) is 0. The van der Waals surface area contributed by atoms with E-state index in [1.807, 2.05) is 22.1 Å². The van der Waals surface area contributed by atoms with Crippen LogP contribution in [0.25, 0.3) is 22.1 Å². The van der Waals surface area contributed by atoms with Gasteiger partial charge in [0.2, 0.25) is 0 Å². The molecule has 2 aromatic heterocycles. The van der Waals surface area contributed by atoms with E-state index in [1.54, 1.807) is 11.0 Å². The number of aromatic nitrogens is 4. The Bertz CT molecular complexity index is 1270. The predicted octanol–water partition coefficient (Wildman–Crippen LogP) is 5.17. The van der Waals surface area contributed by atoms with Crippen LogP contribution in [0.5, 0.6) is 0 Å². The Morgan fingerprint density at radius 2 is 1.77 bits per heavy atom. The van der Waals surface area contributed by atoms with Crippen LogP contribution in [0.4, 0.5) is 4.39 Å². The summed E-state index contributed by atoms with van der Waals surface area (Å²) in [5.74, 6) is 0.795. The first-order chi connectivity index (χ1) is 15.0. The van der Waals surface area contributed by atoms with Crippen LogP contribution in [0.15, 0.2) is 47.8 Å². The lowest BCUT2D eigenvalue weighted by Crippen LogP contribution is -2.38. The van der Waals surface area contributed by atoms with Crippen LogP contribution in [-0.2, 0) is 13.1 Å². The van der Waals surface area contributed by atoms with Crippen LogP contribution in [-0.4, -0.2) is 37.1 Å². The topological polar surface area (TPSA) is 63.9 Å². The number of carbonyl (C=O) groups excluding carboxylic acids is 1. The molecular formula is C21H14Cl2FN5OS. The quantitative estimate of drug-likeness (QED) is 0.411. The van der Waals surface area contributed by atoms with Gasteiger partial charge in [-0.25, -0.2) is 9.37 Å². The average Bonchev–Trinajstić information content (AvgIpc) is 3.39. The number of amides is 1. The molecule has 0 spiro atoms. The maximum absolute atomic E-state index is 13.1. The lowest BCUT2D eigenvalue weighted by atomic mass is 10.2. The van der Waals surface area contributed by atoms with E-state index in [1.165, 1.54) is 35.6 Å². The van der Waals surface area contributed by atoms with Crippen molar-refractivity contribution in [3.05, 3.63) is 75.1 Å². The summed E-state index contributed by atoms with van der Waals surface area (Å²) in [5.41, 5.74) is 1.98. The second-order valence-electron chi connectivity index (χ2n) is 7.02.